The van der Waals surface area contributed by atoms with Gasteiger partial charge in [0.1, 0.15) is 0 Å². The lowest BCUT2D eigenvalue weighted by atomic mass is 9.90. The molecule has 0 aromatic carbocycles. The summed E-state index contributed by atoms with van der Waals surface area (Å²) in [6, 6.07) is 0. The van der Waals surface area contributed by atoms with Crippen molar-refractivity contribution >= 4 is 0 Å². The Balaban J connectivity index is 4.79. The van der Waals surface area contributed by atoms with Gasteiger partial charge in [-0.05, 0) is 105 Å². The molecular formula is C30H50. The highest BCUT2D eigenvalue weighted by molar-refractivity contribution is 5.15. The molecule has 170 valence electrons. The molecule has 30 heavy (non-hydrogen) atoms. The molecule has 0 nitrogen and oxygen atoms in total. The van der Waals surface area contributed by atoms with E-state index in [4.69, 9.17) is 0 Å². The van der Waals surface area contributed by atoms with Crippen molar-refractivity contribution in [2.24, 2.45) is 11.8 Å². The molecule has 0 radical (unpaired) electrons. The molecule has 0 fully saturated rings. The smallest absolute Gasteiger partial charge is 0.0134 e. The number of hydrogen-bond donors (Lipinski definition) is 0. The molecule has 0 aliphatic heterocycles. The summed E-state index contributed by atoms with van der Waals surface area (Å²) in [5, 5.41) is 0. The predicted molar refractivity (Wildman–Crippen MR) is 140 cm³/mol. The molecule has 0 rings (SSSR count). The first-order valence-corrected chi connectivity index (χ1v) is 12.0. The SMILES string of the molecule is C=CC(C)CC=C(CC=C(C)CCC=C(C)CCC=C(C)C)C(C)CCC=C(C)C. The van der Waals surface area contributed by atoms with Crippen LogP contribution in [-0.4, -0.2) is 0 Å². The summed E-state index contributed by atoms with van der Waals surface area (Å²) in [5.41, 5.74) is 7.48. The molecule has 0 heterocycles. The van der Waals surface area contributed by atoms with Gasteiger partial charge in [-0.1, -0.05) is 78.2 Å². The standard InChI is InChI=1S/C30H50/c1-10-26(6)20-22-30(29(9)19-12-15-25(4)5)23-21-28(8)18-13-17-27(7)16-11-14-24(2)3/h10,14-15,17,21-22,26,29H,1,11-13,16,18-20,23H2,2-9H3. The molecular weight excluding hydrogens is 360 g/mol. The fourth-order valence-corrected chi connectivity index (χ4v) is 3.36. The van der Waals surface area contributed by atoms with E-state index in [1.54, 1.807) is 5.57 Å². The maximum atomic E-state index is 3.94. The van der Waals surface area contributed by atoms with Crippen LogP contribution in [0.4, 0.5) is 0 Å². The van der Waals surface area contributed by atoms with Crippen LogP contribution >= 0.6 is 0 Å². The van der Waals surface area contributed by atoms with Gasteiger partial charge in [0.2, 0.25) is 0 Å². The molecule has 0 saturated carbocycles. The van der Waals surface area contributed by atoms with E-state index in [2.05, 4.69) is 98.4 Å². The molecule has 0 aliphatic rings. The van der Waals surface area contributed by atoms with Crippen molar-refractivity contribution < 1.29 is 0 Å². The lowest BCUT2D eigenvalue weighted by Gasteiger charge is -2.16. The zero-order chi connectivity index (χ0) is 22.9. The van der Waals surface area contributed by atoms with Gasteiger partial charge in [0.05, 0.1) is 0 Å². The molecule has 0 spiro atoms. The fourth-order valence-electron chi connectivity index (χ4n) is 3.36. The Bertz CT molecular complexity index is 625. The summed E-state index contributed by atoms with van der Waals surface area (Å²) in [4.78, 5) is 0. The summed E-state index contributed by atoms with van der Waals surface area (Å²) in [5.74, 6) is 1.19. The average molecular weight is 411 g/mol. The van der Waals surface area contributed by atoms with Crippen molar-refractivity contribution in [2.45, 2.75) is 107 Å². The van der Waals surface area contributed by atoms with Crippen LogP contribution < -0.4 is 0 Å². The van der Waals surface area contributed by atoms with Gasteiger partial charge in [-0.15, -0.1) is 6.58 Å². The molecule has 0 bridgehead atoms. The summed E-state index contributed by atoms with van der Waals surface area (Å²) in [6.45, 7) is 21.9. The summed E-state index contributed by atoms with van der Waals surface area (Å²) in [7, 11) is 0. The fraction of sp³-hybridized carbons (Fsp3) is 0.600. The molecule has 0 aromatic heterocycles. The zero-order valence-electron chi connectivity index (χ0n) is 21.5. The molecule has 0 aliphatic carbocycles. The number of allylic oxidation sites excluding steroid dienone is 11. The van der Waals surface area contributed by atoms with Gasteiger partial charge in [0, 0.05) is 0 Å². The minimum atomic E-state index is 0.550. The maximum absolute atomic E-state index is 3.94. The van der Waals surface area contributed by atoms with Gasteiger partial charge in [-0.3, -0.25) is 0 Å². The van der Waals surface area contributed by atoms with Crippen molar-refractivity contribution in [3.05, 3.63) is 70.9 Å². The van der Waals surface area contributed by atoms with Crippen molar-refractivity contribution in [1.82, 2.24) is 0 Å². The third kappa shape index (κ3) is 16.3. The lowest BCUT2D eigenvalue weighted by Crippen LogP contribution is -2.00. The van der Waals surface area contributed by atoms with Crippen LogP contribution in [0.5, 0.6) is 0 Å². The summed E-state index contributed by atoms with van der Waals surface area (Å²) >= 11 is 0. The maximum Gasteiger partial charge on any atom is -0.0134 e. The Kier molecular flexibility index (Phi) is 16.3. The van der Waals surface area contributed by atoms with Gasteiger partial charge in [0.15, 0.2) is 0 Å². The lowest BCUT2D eigenvalue weighted by molar-refractivity contribution is 0.600. The third-order valence-corrected chi connectivity index (χ3v) is 5.75. The molecule has 0 saturated heterocycles. The molecule has 2 atom stereocenters. The Labute approximate surface area is 189 Å². The van der Waals surface area contributed by atoms with E-state index in [1.807, 2.05) is 0 Å². The minimum absolute atomic E-state index is 0.550. The molecule has 0 N–H and O–H groups in total. The Morgan fingerprint density at radius 1 is 0.700 bits per heavy atom. The summed E-state index contributed by atoms with van der Waals surface area (Å²) in [6.07, 6.45) is 23.4. The number of rotatable bonds is 15. The first-order valence-electron chi connectivity index (χ1n) is 12.0. The Hall–Kier alpha value is -1.56. The zero-order valence-corrected chi connectivity index (χ0v) is 21.5. The first kappa shape index (κ1) is 28.4. The molecule has 0 amide bonds. The van der Waals surface area contributed by atoms with Crippen LogP contribution in [-0.2, 0) is 0 Å². The largest absolute Gasteiger partial charge is 0.103 e. The van der Waals surface area contributed by atoms with Crippen molar-refractivity contribution in [2.75, 3.05) is 0 Å². The third-order valence-electron chi connectivity index (χ3n) is 5.75. The molecule has 0 heteroatoms. The van der Waals surface area contributed by atoms with Crippen molar-refractivity contribution in [3.8, 4) is 0 Å². The minimum Gasteiger partial charge on any atom is -0.103 e. The van der Waals surface area contributed by atoms with Gasteiger partial charge < -0.3 is 0 Å². The van der Waals surface area contributed by atoms with Crippen LogP contribution in [0.15, 0.2) is 70.9 Å². The second-order valence-electron chi connectivity index (χ2n) is 9.65. The van der Waals surface area contributed by atoms with Gasteiger partial charge in [-0.2, -0.15) is 0 Å². The highest BCUT2D eigenvalue weighted by Crippen LogP contribution is 2.24. The number of hydrogen-bond acceptors (Lipinski definition) is 0. The van der Waals surface area contributed by atoms with Crippen LogP contribution in [0, 0.1) is 11.8 Å². The topological polar surface area (TPSA) is 0 Å². The highest BCUT2D eigenvalue weighted by Gasteiger charge is 2.08. The van der Waals surface area contributed by atoms with Gasteiger partial charge in [0.25, 0.3) is 0 Å². The monoisotopic (exact) mass is 410 g/mol. The quantitative estimate of drug-likeness (QED) is 0.235. The van der Waals surface area contributed by atoms with Crippen molar-refractivity contribution in [3.63, 3.8) is 0 Å². The van der Waals surface area contributed by atoms with Crippen LogP contribution in [0.1, 0.15) is 107 Å². The molecule has 0 aromatic rings. The van der Waals surface area contributed by atoms with Gasteiger partial charge in [-0.25, -0.2) is 0 Å². The van der Waals surface area contributed by atoms with Crippen LogP contribution in [0.25, 0.3) is 0 Å². The Morgan fingerprint density at radius 3 is 1.80 bits per heavy atom. The average Bonchev–Trinajstić information content (AvgIpc) is 2.66. The van der Waals surface area contributed by atoms with Crippen molar-refractivity contribution in [1.29, 1.82) is 0 Å². The predicted octanol–water partition coefficient (Wildman–Crippen LogP) is 10.3. The second kappa shape index (κ2) is 17.2. The molecule has 2 unspecified atom stereocenters. The van der Waals surface area contributed by atoms with E-state index < -0.39 is 0 Å². The first-order chi connectivity index (χ1) is 14.1. The van der Waals surface area contributed by atoms with E-state index in [-0.39, 0.29) is 0 Å². The van der Waals surface area contributed by atoms with E-state index in [9.17, 15) is 0 Å². The highest BCUT2D eigenvalue weighted by atomic mass is 14.1. The van der Waals surface area contributed by atoms with Crippen LogP contribution in [0.2, 0.25) is 0 Å². The Morgan fingerprint density at radius 2 is 1.23 bits per heavy atom. The second-order valence-corrected chi connectivity index (χ2v) is 9.65. The van der Waals surface area contributed by atoms with E-state index >= 15 is 0 Å². The van der Waals surface area contributed by atoms with E-state index in [0.29, 0.717) is 11.8 Å². The van der Waals surface area contributed by atoms with Crippen LogP contribution in [0.3, 0.4) is 0 Å². The van der Waals surface area contributed by atoms with Gasteiger partial charge >= 0.3 is 0 Å². The normalized spacial score (nSPS) is 14.9. The van der Waals surface area contributed by atoms with E-state index in [1.165, 1.54) is 54.4 Å². The summed E-state index contributed by atoms with van der Waals surface area (Å²) < 4.78 is 0. The van der Waals surface area contributed by atoms with E-state index in [0.717, 1.165) is 19.3 Å².